The Kier molecular flexibility index (Phi) is 8.68. The van der Waals surface area contributed by atoms with Crippen LogP contribution in [0.5, 0.6) is 0 Å². The third kappa shape index (κ3) is 7.66. The molecule has 0 aromatic carbocycles. The van der Waals surface area contributed by atoms with E-state index in [1.807, 2.05) is 0 Å². The highest BCUT2D eigenvalue weighted by molar-refractivity contribution is 4.88. The molecule has 6 heteroatoms. The summed E-state index contributed by atoms with van der Waals surface area (Å²) in [5, 5.41) is 6.61. The molecule has 0 aromatic heterocycles. The van der Waals surface area contributed by atoms with Gasteiger partial charge in [0.2, 0.25) is 0 Å². The van der Waals surface area contributed by atoms with Crippen LogP contribution < -0.4 is 22.1 Å². The molecule has 21 heavy (non-hydrogen) atoms. The number of nitrogens with two attached hydrogens (primary N) is 2. The van der Waals surface area contributed by atoms with E-state index in [4.69, 9.17) is 20.9 Å². The van der Waals surface area contributed by atoms with Gasteiger partial charge in [-0.05, 0) is 12.3 Å². The first-order valence-electron chi connectivity index (χ1n) is 7.83. The number of ether oxygens (including phenoxy) is 2. The Balaban J connectivity index is 2.51. The average Bonchev–Trinajstić information content (AvgIpc) is 2.46. The van der Waals surface area contributed by atoms with E-state index >= 15 is 0 Å². The summed E-state index contributed by atoms with van der Waals surface area (Å²) in [6.45, 7) is 3.73. The number of methoxy groups -OCH3 is 2. The average molecular weight is 300 g/mol. The van der Waals surface area contributed by atoms with Crippen molar-refractivity contribution in [1.82, 2.24) is 10.6 Å². The predicted molar refractivity (Wildman–Crippen MR) is 85.0 cm³/mol. The van der Waals surface area contributed by atoms with Gasteiger partial charge < -0.3 is 26.3 Å². The van der Waals surface area contributed by atoms with Gasteiger partial charge in [0, 0.05) is 20.6 Å². The molecule has 3 unspecified atom stereocenters. The maximum absolute atomic E-state index is 5.81. The highest BCUT2D eigenvalue weighted by Gasteiger charge is 2.22. The van der Waals surface area contributed by atoms with Crippen LogP contribution in [0.3, 0.4) is 0 Å². The summed E-state index contributed by atoms with van der Waals surface area (Å²) >= 11 is 0. The minimum Gasteiger partial charge on any atom is -0.386 e. The van der Waals surface area contributed by atoms with Gasteiger partial charge in [-0.15, -0.1) is 0 Å². The minimum atomic E-state index is -0.348. The van der Waals surface area contributed by atoms with Crippen LogP contribution in [0.4, 0.5) is 0 Å². The lowest BCUT2D eigenvalue weighted by Gasteiger charge is -2.31. The first kappa shape index (κ1) is 18.2. The fraction of sp³-hybridized carbons (Fsp3) is 0.867. The van der Waals surface area contributed by atoms with Crippen molar-refractivity contribution in [3.8, 4) is 0 Å². The zero-order chi connectivity index (χ0) is 15.7. The molecular weight excluding hydrogens is 268 g/mol. The lowest BCUT2D eigenvalue weighted by atomic mass is 9.86. The van der Waals surface area contributed by atoms with Gasteiger partial charge in [-0.3, -0.25) is 5.32 Å². The third-order valence-corrected chi connectivity index (χ3v) is 4.07. The Labute approximate surface area is 128 Å². The molecule has 1 saturated carbocycles. The van der Waals surface area contributed by atoms with Crippen LogP contribution in [-0.4, -0.2) is 32.8 Å². The molecule has 0 saturated heterocycles. The summed E-state index contributed by atoms with van der Waals surface area (Å²) in [5.74, 6) is 1.19. The molecule has 1 rings (SSSR count). The van der Waals surface area contributed by atoms with E-state index in [-0.39, 0.29) is 18.6 Å². The molecule has 0 spiro atoms. The van der Waals surface area contributed by atoms with Crippen molar-refractivity contribution < 1.29 is 9.47 Å². The number of hydrogen-bond donors (Lipinski definition) is 4. The van der Waals surface area contributed by atoms with Crippen molar-refractivity contribution in [2.75, 3.05) is 14.2 Å². The van der Waals surface area contributed by atoms with Gasteiger partial charge in [-0.25, -0.2) is 0 Å². The van der Waals surface area contributed by atoms with Gasteiger partial charge in [-0.1, -0.05) is 38.7 Å². The molecule has 0 aliphatic heterocycles. The molecule has 0 bridgehead atoms. The van der Waals surface area contributed by atoms with Crippen molar-refractivity contribution in [2.24, 2.45) is 17.4 Å². The second-order valence-corrected chi connectivity index (χ2v) is 5.86. The van der Waals surface area contributed by atoms with Gasteiger partial charge in [0.25, 0.3) is 0 Å². The van der Waals surface area contributed by atoms with Gasteiger partial charge >= 0.3 is 0 Å². The van der Waals surface area contributed by atoms with Crippen molar-refractivity contribution >= 4 is 0 Å². The lowest BCUT2D eigenvalue weighted by Crippen LogP contribution is -2.51. The first-order valence-corrected chi connectivity index (χ1v) is 7.83. The van der Waals surface area contributed by atoms with Crippen molar-refractivity contribution in [2.45, 2.75) is 63.6 Å². The highest BCUT2D eigenvalue weighted by atomic mass is 16.5. The first-order chi connectivity index (χ1) is 10.0. The summed E-state index contributed by atoms with van der Waals surface area (Å²) in [7, 11) is 3.26. The van der Waals surface area contributed by atoms with Crippen molar-refractivity contribution in [1.29, 1.82) is 0 Å². The Morgan fingerprint density at radius 1 is 1.24 bits per heavy atom. The lowest BCUT2D eigenvalue weighted by molar-refractivity contribution is -0.000795. The van der Waals surface area contributed by atoms with Crippen LogP contribution in [0.2, 0.25) is 0 Å². The Morgan fingerprint density at radius 2 is 1.90 bits per heavy atom. The number of rotatable bonds is 10. The van der Waals surface area contributed by atoms with Gasteiger partial charge in [-0.2, -0.15) is 0 Å². The Morgan fingerprint density at radius 3 is 2.43 bits per heavy atom. The third-order valence-electron chi connectivity index (χ3n) is 4.07. The van der Waals surface area contributed by atoms with Crippen LogP contribution in [0.1, 0.15) is 44.9 Å². The van der Waals surface area contributed by atoms with E-state index in [1.54, 1.807) is 14.2 Å². The van der Waals surface area contributed by atoms with Gasteiger partial charge in [0.1, 0.15) is 12.5 Å². The second-order valence-electron chi connectivity index (χ2n) is 5.86. The van der Waals surface area contributed by atoms with Gasteiger partial charge in [0.15, 0.2) is 0 Å². The summed E-state index contributed by atoms with van der Waals surface area (Å²) in [4.78, 5) is 0. The van der Waals surface area contributed by atoms with E-state index < -0.39 is 0 Å². The molecule has 6 N–H and O–H groups in total. The molecule has 1 aliphatic carbocycles. The minimum absolute atomic E-state index is 0.0413. The van der Waals surface area contributed by atoms with Crippen LogP contribution >= 0.6 is 0 Å². The van der Waals surface area contributed by atoms with Crippen molar-refractivity contribution in [3.63, 3.8) is 0 Å². The summed E-state index contributed by atoms with van der Waals surface area (Å²) in [6.07, 6.45) is 7.67. The SMILES string of the molecule is C=C(N)NC(CC1CCCCC1)NC(CC(N)OC)OC. The zero-order valence-electron chi connectivity index (χ0n) is 13.4. The molecular formula is C15H32N4O2. The van der Waals surface area contributed by atoms with Crippen LogP contribution in [0.25, 0.3) is 0 Å². The molecule has 1 aliphatic rings. The van der Waals surface area contributed by atoms with Crippen LogP contribution in [0, 0.1) is 5.92 Å². The molecule has 0 aromatic rings. The molecule has 0 heterocycles. The van der Waals surface area contributed by atoms with E-state index in [0.717, 1.165) is 12.3 Å². The zero-order valence-corrected chi connectivity index (χ0v) is 13.4. The van der Waals surface area contributed by atoms with Gasteiger partial charge in [0.05, 0.1) is 12.0 Å². The largest absolute Gasteiger partial charge is 0.386 e. The molecule has 0 amide bonds. The quantitative estimate of drug-likeness (QED) is 0.453. The molecule has 124 valence electrons. The maximum Gasteiger partial charge on any atom is 0.113 e. The standard InChI is InChI=1S/C15H32N4O2/c1-11(16)18-14(9-12-7-5-4-6-8-12)19-15(21-3)10-13(17)20-2/h12-15,18-19H,1,4-10,16-17H2,2-3H3. The maximum atomic E-state index is 5.81. The molecule has 0 radical (unpaired) electrons. The van der Waals surface area contributed by atoms with E-state index in [1.165, 1.54) is 32.1 Å². The number of hydrogen-bond acceptors (Lipinski definition) is 6. The highest BCUT2D eigenvalue weighted by Crippen LogP contribution is 2.27. The predicted octanol–water partition coefficient (Wildman–Crippen LogP) is 1.19. The number of nitrogens with one attached hydrogen (secondary N) is 2. The Hall–Kier alpha value is -0.820. The monoisotopic (exact) mass is 300 g/mol. The van der Waals surface area contributed by atoms with E-state index in [2.05, 4.69) is 17.2 Å². The fourth-order valence-electron chi connectivity index (χ4n) is 2.91. The summed E-state index contributed by atoms with van der Waals surface area (Å²) in [5.41, 5.74) is 11.5. The summed E-state index contributed by atoms with van der Waals surface area (Å²) in [6, 6.07) is 0. The van der Waals surface area contributed by atoms with E-state index in [0.29, 0.717) is 12.2 Å². The molecule has 1 fully saturated rings. The second kappa shape index (κ2) is 10.00. The van der Waals surface area contributed by atoms with Crippen LogP contribution in [-0.2, 0) is 9.47 Å². The van der Waals surface area contributed by atoms with Crippen molar-refractivity contribution in [3.05, 3.63) is 12.4 Å². The normalized spacial score (nSPS) is 20.7. The Bertz CT molecular complexity index is 295. The topological polar surface area (TPSA) is 94.6 Å². The fourth-order valence-corrected chi connectivity index (χ4v) is 2.91. The van der Waals surface area contributed by atoms with E-state index in [9.17, 15) is 0 Å². The molecule has 3 atom stereocenters. The smallest absolute Gasteiger partial charge is 0.113 e. The van der Waals surface area contributed by atoms with Crippen LogP contribution in [0.15, 0.2) is 12.4 Å². The summed E-state index contributed by atoms with van der Waals surface area (Å²) < 4.78 is 10.5. The molecule has 6 nitrogen and oxygen atoms in total.